The molecule has 0 radical (unpaired) electrons. The second-order valence-electron chi connectivity index (χ2n) is 7.62. The minimum atomic E-state index is -0.734. The molecule has 6 rings (SSSR count). The third-order valence-electron chi connectivity index (χ3n) is 6.46. The first-order chi connectivity index (χ1) is 9.71. The van der Waals surface area contributed by atoms with Gasteiger partial charge in [-0.2, -0.15) is 9.78 Å². The molecule has 20 heavy (non-hydrogen) atoms. The van der Waals surface area contributed by atoms with Crippen molar-refractivity contribution in [2.24, 2.45) is 23.7 Å². The number of carbonyl (C=O) groups excluding carboxylic acids is 1. The van der Waals surface area contributed by atoms with Gasteiger partial charge in [0.25, 0.3) is 0 Å². The summed E-state index contributed by atoms with van der Waals surface area (Å²) in [4.78, 5) is 24.2. The molecular weight excluding hydrogens is 256 g/mol. The second kappa shape index (κ2) is 3.84. The van der Waals surface area contributed by atoms with E-state index in [1.807, 2.05) is 0 Å². The van der Waals surface area contributed by atoms with Crippen LogP contribution in [0.1, 0.15) is 57.8 Å². The van der Waals surface area contributed by atoms with Crippen LogP contribution < -0.4 is 0 Å². The topological polar surface area (TPSA) is 44.8 Å². The molecule has 0 aromatic carbocycles. The summed E-state index contributed by atoms with van der Waals surface area (Å²) >= 11 is 0. The minimum Gasteiger partial charge on any atom is -0.311 e. The van der Waals surface area contributed by atoms with E-state index in [9.17, 15) is 4.79 Å². The van der Waals surface area contributed by atoms with Crippen LogP contribution in [0.5, 0.6) is 0 Å². The van der Waals surface area contributed by atoms with Gasteiger partial charge in [-0.3, -0.25) is 4.79 Å². The zero-order chi connectivity index (χ0) is 13.4. The highest BCUT2D eigenvalue weighted by Gasteiger charge is 2.69. The molecule has 1 aliphatic heterocycles. The molecular formula is C16H22O4. The lowest BCUT2D eigenvalue weighted by Gasteiger charge is -2.56. The number of ketones is 1. The van der Waals surface area contributed by atoms with E-state index in [0.29, 0.717) is 17.6 Å². The average Bonchev–Trinajstić information content (AvgIpc) is 2.82. The van der Waals surface area contributed by atoms with Crippen molar-refractivity contribution in [3.05, 3.63) is 0 Å². The van der Waals surface area contributed by atoms with Crippen LogP contribution in [-0.2, 0) is 19.3 Å². The van der Waals surface area contributed by atoms with Crippen LogP contribution >= 0.6 is 0 Å². The first-order valence-corrected chi connectivity index (χ1v) is 8.32. The quantitative estimate of drug-likeness (QED) is 0.639. The summed E-state index contributed by atoms with van der Waals surface area (Å²) in [6, 6.07) is 0. The molecule has 6 fully saturated rings. The predicted octanol–water partition coefficient (Wildman–Crippen LogP) is 2.96. The number of carbonyl (C=O) groups is 1. The van der Waals surface area contributed by atoms with E-state index in [1.165, 1.54) is 6.42 Å². The van der Waals surface area contributed by atoms with Crippen molar-refractivity contribution < 1.29 is 19.3 Å². The molecule has 1 heterocycles. The maximum Gasteiger partial charge on any atom is 0.217 e. The molecule has 4 bridgehead atoms. The summed E-state index contributed by atoms with van der Waals surface area (Å²) in [7, 11) is 0. The number of rotatable bonds is 0. The standard InChI is InChI=1S/C16H22O4/c17-14-11-6-10-7-12(9-11)16(13(14)8-10)18-15(19-20-16)4-2-1-3-5-15/h10-13H,1-9H2/t10?,11?,12?,13?,16-/m1/s1. The molecule has 110 valence electrons. The molecule has 0 amide bonds. The summed E-state index contributed by atoms with van der Waals surface area (Å²) in [5.41, 5.74) is 0. The minimum absolute atomic E-state index is 0.0694. The second-order valence-corrected chi connectivity index (χ2v) is 7.62. The Morgan fingerprint density at radius 3 is 2.65 bits per heavy atom. The third kappa shape index (κ3) is 1.40. The van der Waals surface area contributed by atoms with Gasteiger partial charge in [-0.25, -0.2) is 0 Å². The van der Waals surface area contributed by atoms with Gasteiger partial charge >= 0.3 is 0 Å². The molecule has 2 spiro atoms. The molecule has 4 heteroatoms. The fourth-order valence-corrected chi connectivity index (χ4v) is 5.59. The van der Waals surface area contributed by atoms with Gasteiger partial charge < -0.3 is 4.74 Å². The maximum absolute atomic E-state index is 12.6. The fourth-order valence-electron chi connectivity index (χ4n) is 5.59. The lowest BCUT2D eigenvalue weighted by molar-refractivity contribution is -0.382. The third-order valence-corrected chi connectivity index (χ3v) is 6.46. The normalized spacial score (nSPS) is 52.3. The summed E-state index contributed by atoms with van der Waals surface area (Å²) in [5.74, 6) is 0.383. The van der Waals surface area contributed by atoms with Crippen LogP contribution in [0.3, 0.4) is 0 Å². The monoisotopic (exact) mass is 278 g/mol. The van der Waals surface area contributed by atoms with Gasteiger partial charge in [0.1, 0.15) is 5.78 Å². The van der Waals surface area contributed by atoms with Gasteiger partial charge in [-0.05, 0) is 44.4 Å². The van der Waals surface area contributed by atoms with Gasteiger partial charge in [0.15, 0.2) is 0 Å². The van der Waals surface area contributed by atoms with Crippen LogP contribution in [0.15, 0.2) is 0 Å². The Balaban J connectivity index is 1.50. The summed E-state index contributed by atoms with van der Waals surface area (Å²) in [6.07, 6.45) is 9.49. The highest BCUT2D eigenvalue weighted by atomic mass is 17.3. The Labute approximate surface area is 119 Å². The molecule has 0 aromatic rings. The zero-order valence-corrected chi connectivity index (χ0v) is 11.8. The van der Waals surface area contributed by atoms with Crippen LogP contribution in [0.2, 0.25) is 0 Å². The summed E-state index contributed by atoms with van der Waals surface area (Å²) in [6.45, 7) is 0. The van der Waals surface area contributed by atoms with Crippen LogP contribution in [-0.4, -0.2) is 17.4 Å². The Kier molecular flexibility index (Phi) is 2.33. The fraction of sp³-hybridized carbons (Fsp3) is 0.938. The van der Waals surface area contributed by atoms with Gasteiger partial charge in [0, 0.05) is 24.7 Å². The van der Waals surface area contributed by atoms with E-state index in [-0.39, 0.29) is 11.8 Å². The van der Waals surface area contributed by atoms with Crippen molar-refractivity contribution in [1.82, 2.24) is 0 Å². The van der Waals surface area contributed by atoms with Crippen molar-refractivity contribution in [2.75, 3.05) is 0 Å². The number of ether oxygens (including phenoxy) is 1. The Morgan fingerprint density at radius 2 is 1.80 bits per heavy atom. The molecule has 0 aromatic heterocycles. The Hall–Kier alpha value is -0.450. The van der Waals surface area contributed by atoms with Crippen LogP contribution in [0.4, 0.5) is 0 Å². The van der Waals surface area contributed by atoms with Gasteiger partial charge in [0.05, 0.1) is 5.92 Å². The van der Waals surface area contributed by atoms with Gasteiger partial charge in [0.2, 0.25) is 11.6 Å². The Bertz CT molecular complexity index is 455. The van der Waals surface area contributed by atoms with E-state index < -0.39 is 11.6 Å². The molecule has 4 nitrogen and oxygen atoms in total. The highest BCUT2D eigenvalue weighted by molar-refractivity contribution is 5.86. The van der Waals surface area contributed by atoms with E-state index in [0.717, 1.165) is 51.4 Å². The number of hydrogen-bond acceptors (Lipinski definition) is 4. The van der Waals surface area contributed by atoms with Crippen molar-refractivity contribution in [2.45, 2.75) is 69.4 Å². The van der Waals surface area contributed by atoms with Crippen LogP contribution in [0, 0.1) is 23.7 Å². The van der Waals surface area contributed by atoms with E-state index in [1.54, 1.807) is 0 Å². The first-order valence-electron chi connectivity index (χ1n) is 8.32. The molecule has 5 saturated carbocycles. The molecule has 4 unspecified atom stereocenters. The smallest absolute Gasteiger partial charge is 0.217 e. The molecule has 6 aliphatic rings. The maximum atomic E-state index is 12.6. The van der Waals surface area contributed by atoms with Crippen LogP contribution in [0.25, 0.3) is 0 Å². The van der Waals surface area contributed by atoms with E-state index >= 15 is 0 Å². The van der Waals surface area contributed by atoms with Gasteiger partial charge in [-0.1, -0.05) is 6.42 Å². The number of hydrogen-bond donors (Lipinski definition) is 0. The lowest BCUT2D eigenvalue weighted by Crippen LogP contribution is -2.63. The van der Waals surface area contributed by atoms with E-state index in [4.69, 9.17) is 14.5 Å². The Morgan fingerprint density at radius 1 is 0.950 bits per heavy atom. The van der Waals surface area contributed by atoms with Crippen molar-refractivity contribution >= 4 is 5.78 Å². The summed E-state index contributed by atoms with van der Waals surface area (Å²) in [5, 5.41) is 0. The molecule has 5 atom stereocenters. The molecule has 1 saturated heterocycles. The average molecular weight is 278 g/mol. The number of Topliss-reactive ketones (excluding diaryl/α,β-unsaturated/α-hetero) is 1. The largest absolute Gasteiger partial charge is 0.311 e. The first kappa shape index (κ1) is 12.1. The lowest BCUT2D eigenvalue weighted by atomic mass is 9.52. The van der Waals surface area contributed by atoms with Crippen molar-refractivity contribution in [1.29, 1.82) is 0 Å². The van der Waals surface area contributed by atoms with Gasteiger partial charge in [-0.15, -0.1) is 0 Å². The summed E-state index contributed by atoms with van der Waals surface area (Å²) < 4.78 is 6.46. The SMILES string of the molecule is O=C1C2CC3CC(C2)[C@@]2(OOC4(CCCCC4)O2)C1C3. The van der Waals surface area contributed by atoms with Crippen molar-refractivity contribution in [3.63, 3.8) is 0 Å². The zero-order valence-electron chi connectivity index (χ0n) is 11.8. The predicted molar refractivity (Wildman–Crippen MR) is 69.2 cm³/mol. The molecule has 0 N–H and O–H groups in total. The highest BCUT2D eigenvalue weighted by Crippen LogP contribution is 2.62. The van der Waals surface area contributed by atoms with E-state index in [2.05, 4.69) is 0 Å². The molecule has 5 aliphatic carbocycles. The van der Waals surface area contributed by atoms with Crippen molar-refractivity contribution in [3.8, 4) is 0 Å².